The van der Waals surface area contributed by atoms with Crippen LogP contribution in [-0.2, 0) is 0 Å². The standard InChI is InChI=1S/C13H9F11O/c1-6-3-2-4-7(5-6)8(25)9(14,15)10(16,17)11(18,19)12(20,21)13(22,23)24/h2-5,8,25H,1H3. The third kappa shape index (κ3) is 3.15. The third-order valence-corrected chi connectivity index (χ3v) is 3.26. The van der Waals surface area contributed by atoms with E-state index < -0.39 is 41.5 Å². The van der Waals surface area contributed by atoms with Crippen molar-refractivity contribution >= 4 is 0 Å². The molecule has 0 bridgehead atoms. The van der Waals surface area contributed by atoms with E-state index in [1.807, 2.05) is 0 Å². The van der Waals surface area contributed by atoms with Gasteiger partial charge in [0, 0.05) is 0 Å². The average molecular weight is 390 g/mol. The predicted octanol–water partition coefficient (Wildman–Crippen LogP) is 5.13. The van der Waals surface area contributed by atoms with E-state index in [1.165, 1.54) is 13.0 Å². The van der Waals surface area contributed by atoms with E-state index in [9.17, 15) is 53.4 Å². The summed E-state index contributed by atoms with van der Waals surface area (Å²) >= 11 is 0. The Morgan fingerprint density at radius 3 is 1.64 bits per heavy atom. The van der Waals surface area contributed by atoms with Gasteiger partial charge in [-0.2, -0.15) is 48.3 Å². The van der Waals surface area contributed by atoms with Crippen LogP contribution in [0.25, 0.3) is 0 Å². The fourth-order valence-corrected chi connectivity index (χ4v) is 1.81. The van der Waals surface area contributed by atoms with Crippen LogP contribution in [0.1, 0.15) is 17.2 Å². The normalized spacial score (nSPS) is 16.0. The molecule has 0 aromatic heterocycles. The number of aliphatic hydroxyl groups excluding tert-OH is 1. The highest BCUT2D eigenvalue weighted by molar-refractivity contribution is 5.27. The minimum atomic E-state index is -7.54. The van der Waals surface area contributed by atoms with Gasteiger partial charge in [0.15, 0.2) is 0 Å². The van der Waals surface area contributed by atoms with Gasteiger partial charge in [-0.15, -0.1) is 0 Å². The zero-order valence-electron chi connectivity index (χ0n) is 12.0. The molecule has 1 aromatic rings. The maximum atomic E-state index is 13.6. The highest BCUT2D eigenvalue weighted by Gasteiger charge is 2.88. The number of aliphatic hydroxyl groups is 1. The molecule has 0 fully saturated rings. The summed E-state index contributed by atoms with van der Waals surface area (Å²) in [6, 6.07) is 3.42. The van der Waals surface area contributed by atoms with Crippen molar-refractivity contribution in [1.29, 1.82) is 0 Å². The van der Waals surface area contributed by atoms with Crippen molar-refractivity contribution in [3.63, 3.8) is 0 Å². The molecule has 25 heavy (non-hydrogen) atoms. The topological polar surface area (TPSA) is 20.2 Å². The third-order valence-electron chi connectivity index (χ3n) is 3.26. The van der Waals surface area contributed by atoms with Crippen molar-refractivity contribution in [3.8, 4) is 0 Å². The van der Waals surface area contributed by atoms with Gasteiger partial charge in [0.05, 0.1) is 0 Å². The van der Waals surface area contributed by atoms with Crippen molar-refractivity contribution in [3.05, 3.63) is 35.4 Å². The van der Waals surface area contributed by atoms with Crippen molar-refractivity contribution < 1.29 is 53.4 Å². The van der Waals surface area contributed by atoms with Gasteiger partial charge in [0.1, 0.15) is 6.10 Å². The Labute approximate surface area is 133 Å². The Hall–Kier alpha value is -1.59. The number of alkyl halides is 11. The lowest BCUT2D eigenvalue weighted by Crippen LogP contribution is -2.67. The molecule has 0 aliphatic rings. The van der Waals surface area contributed by atoms with Crippen LogP contribution in [0.4, 0.5) is 48.3 Å². The summed E-state index contributed by atoms with van der Waals surface area (Å²) in [7, 11) is 0. The minimum absolute atomic E-state index is 0.100. The van der Waals surface area contributed by atoms with Gasteiger partial charge in [-0.05, 0) is 12.5 Å². The molecule has 144 valence electrons. The number of benzene rings is 1. The number of halogens is 11. The number of hydrogen-bond donors (Lipinski definition) is 1. The molecular formula is C13H9F11O. The zero-order chi connectivity index (χ0) is 20.1. The van der Waals surface area contributed by atoms with Crippen LogP contribution < -0.4 is 0 Å². The molecule has 0 saturated carbocycles. The highest BCUT2D eigenvalue weighted by atomic mass is 19.4. The summed E-state index contributed by atoms with van der Waals surface area (Å²) in [5.74, 6) is -28.6. The molecule has 0 amide bonds. The van der Waals surface area contributed by atoms with Gasteiger partial charge in [-0.3, -0.25) is 0 Å². The summed E-state index contributed by atoms with van der Waals surface area (Å²) in [6.07, 6.45) is -11.0. The van der Waals surface area contributed by atoms with E-state index in [2.05, 4.69) is 0 Å². The second-order valence-electron chi connectivity index (χ2n) is 5.16. The molecule has 1 rings (SSSR count). The summed E-state index contributed by atoms with van der Waals surface area (Å²) in [6.45, 7) is 1.24. The molecule has 0 saturated heterocycles. The molecule has 0 aliphatic carbocycles. The van der Waals surface area contributed by atoms with Crippen LogP contribution in [-0.4, -0.2) is 35.0 Å². The van der Waals surface area contributed by atoms with E-state index in [1.54, 1.807) is 0 Å². The van der Waals surface area contributed by atoms with Gasteiger partial charge in [0.2, 0.25) is 0 Å². The molecule has 0 spiro atoms. The maximum Gasteiger partial charge on any atom is 0.460 e. The van der Waals surface area contributed by atoms with Crippen LogP contribution in [0.2, 0.25) is 0 Å². The van der Waals surface area contributed by atoms with Gasteiger partial charge >= 0.3 is 29.9 Å². The first kappa shape index (κ1) is 21.5. The SMILES string of the molecule is Cc1cccc(C(O)C(F)(F)C(F)(F)C(F)(F)C(F)(F)C(F)(F)F)c1. The van der Waals surface area contributed by atoms with Gasteiger partial charge in [0.25, 0.3) is 0 Å². The Bertz CT molecular complexity index is 621. The van der Waals surface area contributed by atoms with Crippen molar-refractivity contribution in [1.82, 2.24) is 0 Å². The summed E-state index contributed by atoms with van der Waals surface area (Å²) in [5.41, 5.74) is -0.973. The largest absolute Gasteiger partial charge is 0.460 e. The van der Waals surface area contributed by atoms with Crippen molar-refractivity contribution in [2.75, 3.05) is 0 Å². The monoisotopic (exact) mass is 390 g/mol. The summed E-state index contributed by atoms with van der Waals surface area (Å²) in [5, 5.41) is 9.25. The molecule has 0 heterocycles. The number of rotatable bonds is 5. The summed E-state index contributed by atoms with van der Waals surface area (Å²) < 4.78 is 142. The number of aryl methyl sites for hydroxylation is 1. The van der Waals surface area contributed by atoms with Crippen LogP contribution in [0.15, 0.2) is 24.3 Å². The molecule has 1 aromatic carbocycles. The van der Waals surface area contributed by atoms with E-state index >= 15 is 0 Å². The molecule has 12 heteroatoms. The minimum Gasteiger partial charge on any atom is -0.382 e. The first-order valence-corrected chi connectivity index (χ1v) is 6.24. The molecule has 0 aliphatic heterocycles. The molecule has 1 nitrogen and oxygen atoms in total. The fourth-order valence-electron chi connectivity index (χ4n) is 1.81. The Balaban J connectivity index is 3.43. The van der Waals surface area contributed by atoms with Gasteiger partial charge in [-0.25, -0.2) is 0 Å². The lowest BCUT2D eigenvalue weighted by atomic mass is 9.91. The lowest BCUT2D eigenvalue weighted by Gasteiger charge is -2.38. The Kier molecular flexibility index (Phi) is 5.14. The first-order chi connectivity index (χ1) is 10.9. The van der Waals surface area contributed by atoms with Crippen molar-refractivity contribution in [2.24, 2.45) is 0 Å². The second-order valence-corrected chi connectivity index (χ2v) is 5.16. The van der Waals surface area contributed by atoms with Crippen LogP contribution >= 0.6 is 0 Å². The van der Waals surface area contributed by atoms with Gasteiger partial charge < -0.3 is 5.11 Å². The van der Waals surface area contributed by atoms with Crippen molar-refractivity contribution in [2.45, 2.75) is 42.9 Å². The molecule has 0 radical (unpaired) electrons. The molecule has 1 atom stereocenters. The quantitative estimate of drug-likeness (QED) is 0.691. The van der Waals surface area contributed by atoms with E-state index in [-0.39, 0.29) is 5.56 Å². The van der Waals surface area contributed by atoms with Gasteiger partial charge in [-0.1, -0.05) is 29.8 Å². The zero-order valence-corrected chi connectivity index (χ0v) is 12.0. The van der Waals surface area contributed by atoms with E-state index in [0.717, 1.165) is 6.07 Å². The predicted molar refractivity (Wildman–Crippen MR) is 62.0 cm³/mol. The molecular weight excluding hydrogens is 381 g/mol. The highest BCUT2D eigenvalue weighted by Crippen LogP contribution is 2.59. The van der Waals surface area contributed by atoms with Crippen LogP contribution in [0.5, 0.6) is 0 Å². The van der Waals surface area contributed by atoms with Crippen LogP contribution in [0.3, 0.4) is 0 Å². The Morgan fingerprint density at radius 1 is 0.760 bits per heavy atom. The smallest absolute Gasteiger partial charge is 0.382 e. The first-order valence-electron chi connectivity index (χ1n) is 6.24. The van der Waals surface area contributed by atoms with E-state index in [4.69, 9.17) is 0 Å². The molecule has 1 unspecified atom stereocenters. The maximum absolute atomic E-state index is 13.6. The van der Waals surface area contributed by atoms with E-state index in [0.29, 0.717) is 12.1 Å². The Morgan fingerprint density at radius 2 is 1.24 bits per heavy atom. The average Bonchev–Trinajstić information content (AvgIpc) is 2.44. The van der Waals surface area contributed by atoms with Crippen LogP contribution in [0, 0.1) is 6.92 Å². The summed E-state index contributed by atoms with van der Waals surface area (Å²) in [4.78, 5) is 0. The molecule has 1 N–H and O–H groups in total. The second kappa shape index (κ2) is 5.99. The number of hydrogen-bond acceptors (Lipinski definition) is 1. The lowest BCUT2D eigenvalue weighted by molar-refractivity contribution is -0.429. The fraction of sp³-hybridized carbons (Fsp3) is 0.538.